The lowest BCUT2D eigenvalue weighted by atomic mass is 9.90. The van der Waals surface area contributed by atoms with Crippen LogP contribution in [0.4, 0.5) is 17.1 Å². The van der Waals surface area contributed by atoms with Crippen molar-refractivity contribution in [3.63, 3.8) is 0 Å². The Morgan fingerprint density at radius 2 is 0.603 bits per heavy atom. The van der Waals surface area contributed by atoms with E-state index in [0.29, 0.717) is 0 Å². The molecule has 11 aromatic carbocycles. The van der Waals surface area contributed by atoms with Gasteiger partial charge in [-0.1, -0.05) is 218 Å². The highest BCUT2D eigenvalue weighted by Crippen LogP contribution is 2.42. The standard InChI is InChI=1S/C62H43N/c1-3-13-44(14-4-1)45-25-27-46(28-26-45)47-29-36-55(37-30-47)63(56-38-31-48(32-39-56)53-20-11-21-54(43-53)59-24-12-19-49-15-7-9-22-58(49)59)57-40-33-51(34-41-57)61-42-35-50-16-8-10-23-60(50)62(61)52-17-5-2-6-18-52/h1-43H. The van der Waals surface area contributed by atoms with Crippen molar-refractivity contribution in [1.29, 1.82) is 0 Å². The molecule has 1 nitrogen and oxygen atoms in total. The molecule has 296 valence electrons. The average molecular weight is 802 g/mol. The fourth-order valence-electron chi connectivity index (χ4n) is 9.10. The van der Waals surface area contributed by atoms with E-state index in [0.717, 1.165) is 17.1 Å². The van der Waals surface area contributed by atoms with Crippen LogP contribution in [0, 0.1) is 0 Å². The lowest BCUT2D eigenvalue weighted by molar-refractivity contribution is 1.28. The summed E-state index contributed by atoms with van der Waals surface area (Å²) in [6.45, 7) is 0. The first-order chi connectivity index (χ1) is 31.2. The summed E-state index contributed by atoms with van der Waals surface area (Å²) in [5.74, 6) is 0. The molecule has 0 fully saturated rings. The van der Waals surface area contributed by atoms with Gasteiger partial charge < -0.3 is 4.90 Å². The van der Waals surface area contributed by atoms with E-state index >= 15 is 0 Å². The zero-order valence-corrected chi connectivity index (χ0v) is 34.8. The summed E-state index contributed by atoms with van der Waals surface area (Å²) in [5, 5.41) is 5.01. The number of nitrogens with zero attached hydrogens (tertiary/aromatic N) is 1. The molecule has 11 rings (SSSR count). The predicted octanol–water partition coefficient (Wildman–Crippen LogP) is 17.5. The molecule has 0 saturated carbocycles. The van der Waals surface area contributed by atoms with Crippen molar-refractivity contribution in [3.05, 3.63) is 261 Å². The van der Waals surface area contributed by atoms with Crippen LogP contribution in [-0.4, -0.2) is 0 Å². The van der Waals surface area contributed by atoms with Gasteiger partial charge in [-0.05, 0) is 131 Å². The third-order valence-electron chi connectivity index (χ3n) is 12.3. The van der Waals surface area contributed by atoms with Crippen LogP contribution >= 0.6 is 0 Å². The Morgan fingerprint density at radius 1 is 0.206 bits per heavy atom. The van der Waals surface area contributed by atoms with Crippen LogP contribution in [0.15, 0.2) is 261 Å². The molecule has 0 atom stereocenters. The molecular weight excluding hydrogens is 759 g/mol. The Bertz CT molecular complexity index is 3330. The van der Waals surface area contributed by atoms with Crippen molar-refractivity contribution in [2.45, 2.75) is 0 Å². The van der Waals surface area contributed by atoms with Crippen LogP contribution in [0.3, 0.4) is 0 Å². The van der Waals surface area contributed by atoms with E-state index in [-0.39, 0.29) is 0 Å². The second-order valence-electron chi connectivity index (χ2n) is 16.1. The van der Waals surface area contributed by atoms with E-state index in [1.54, 1.807) is 0 Å². The smallest absolute Gasteiger partial charge is 0.0462 e. The molecule has 0 heterocycles. The van der Waals surface area contributed by atoms with Crippen molar-refractivity contribution in [1.82, 2.24) is 0 Å². The number of benzene rings is 11. The monoisotopic (exact) mass is 801 g/mol. The van der Waals surface area contributed by atoms with Crippen LogP contribution in [-0.2, 0) is 0 Å². The summed E-state index contributed by atoms with van der Waals surface area (Å²) in [5.41, 5.74) is 17.8. The molecule has 0 unspecified atom stereocenters. The van der Waals surface area contributed by atoms with Gasteiger partial charge in [-0.2, -0.15) is 0 Å². The Morgan fingerprint density at radius 3 is 1.21 bits per heavy atom. The zero-order valence-electron chi connectivity index (χ0n) is 34.8. The van der Waals surface area contributed by atoms with Gasteiger partial charge in [0.25, 0.3) is 0 Å². The summed E-state index contributed by atoms with van der Waals surface area (Å²) >= 11 is 0. The van der Waals surface area contributed by atoms with Crippen molar-refractivity contribution >= 4 is 38.6 Å². The molecule has 0 saturated heterocycles. The van der Waals surface area contributed by atoms with Gasteiger partial charge in [0.2, 0.25) is 0 Å². The number of hydrogen-bond acceptors (Lipinski definition) is 1. The third kappa shape index (κ3) is 7.47. The first-order valence-electron chi connectivity index (χ1n) is 21.7. The second-order valence-corrected chi connectivity index (χ2v) is 16.1. The maximum absolute atomic E-state index is 2.36. The summed E-state index contributed by atoms with van der Waals surface area (Å²) in [6.07, 6.45) is 0. The number of anilines is 3. The summed E-state index contributed by atoms with van der Waals surface area (Å²) in [4.78, 5) is 2.36. The minimum atomic E-state index is 1.09. The molecule has 1 heteroatoms. The van der Waals surface area contributed by atoms with Gasteiger partial charge in [0.1, 0.15) is 0 Å². The molecule has 0 aliphatic carbocycles. The lowest BCUT2D eigenvalue weighted by Gasteiger charge is -2.26. The molecule has 0 amide bonds. The van der Waals surface area contributed by atoms with Gasteiger partial charge in [-0.3, -0.25) is 0 Å². The van der Waals surface area contributed by atoms with Gasteiger partial charge in [0.15, 0.2) is 0 Å². The first-order valence-corrected chi connectivity index (χ1v) is 21.7. The topological polar surface area (TPSA) is 3.24 Å². The Labute approximate surface area is 369 Å². The van der Waals surface area contributed by atoms with Crippen molar-refractivity contribution in [2.24, 2.45) is 0 Å². The van der Waals surface area contributed by atoms with Gasteiger partial charge in [0, 0.05) is 17.1 Å². The Kier molecular flexibility index (Phi) is 9.97. The van der Waals surface area contributed by atoms with Crippen molar-refractivity contribution in [2.75, 3.05) is 4.90 Å². The number of rotatable bonds is 9. The van der Waals surface area contributed by atoms with Crippen molar-refractivity contribution < 1.29 is 0 Å². The Hall–Kier alpha value is -8.26. The van der Waals surface area contributed by atoms with Gasteiger partial charge in [-0.15, -0.1) is 0 Å². The van der Waals surface area contributed by atoms with Crippen LogP contribution in [0.2, 0.25) is 0 Å². The molecule has 0 N–H and O–H groups in total. The van der Waals surface area contributed by atoms with Crippen LogP contribution in [0.5, 0.6) is 0 Å². The van der Waals surface area contributed by atoms with Crippen LogP contribution < -0.4 is 4.90 Å². The van der Waals surface area contributed by atoms with E-state index in [2.05, 4.69) is 266 Å². The zero-order chi connectivity index (χ0) is 42.0. The van der Waals surface area contributed by atoms with Gasteiger partial charge in [0.05, 0.1) is 0 Å². The number of fused-ring (bicyclic) bond motifs is 2. The number of hydrogen-bond donors (Lipinski definition) is 0. The van der Waals surface area contributed by atoms with E-state index in [1.165, 1.54) is 88.3 Å². The molecule has 0 radical (unpaired) electrons. The molecule has 63 heavy (non-hydrogen) atoms. The second kappa shape index (κ2) is 16.7. The highest BCUT2D eigenvalue weighted by atomic mass is 15.1. The van der Waals surface area contributed by atoms with E-state index in [1.807, 2.05) is 0 Å². The maximum Gasteiger partial charge on any atom is 0.0462 e. The van der Waals surface area contributed by atoms with E-state index in [9.17, 15) is 0 Å². The predicted molar refractivity (Wildman–Crippen MR) is 269 cm³/mol. The largest absolute Gasteiger partial charge is 0.311 e. The van der Waals surface area contributed by atoms with E-state index in [4.69, 9.17) is 0 Å². The summed E-state index contributed by atoms with van der Waals surface area (Å²) in [6, 6.07) is 94.5. The van der Waals surface area contributed by atoms with Crippen LogP contribution in [0.25, 0.3) is 88.3 Å². The minimum Gasteiger partial charge on any atom is -0.311 e. The SMILES string of the molecule is c1ccc(-c2ccc(-c3ccc(N(c4ccc(-c5cccc(-c6cccc7ccccc67)c5)cc4)c4ccc(-c5ccc6ccccc6c5-c5ccccc5)cc4)cc3)cc2)cc1. The average Bonchev–Trinajstić information content (AvgIpc) is 3.37. The molecule has 0 aliphatic rings. The van der Waals surface area contributed by atoms with Gasteiger partial charge in [-0.25, -0.2) is 0 Å². The molecular formula is C62H43N. The molecule has 0 aliphatic heterocycles. The lowest BCUT2D eigenvalue weighted by Crippen LogP contribution is -2.09. The highest BCUT2D eigenvalue weighted by molar-refractivity contribution is 6.04. The third-order valence-corrected chi connectivity index (χ3v) is 12.3. The maximum atomic E-state index is 2.36. The van der Waals surface area contributed by atoms with Gasteiger partial charge >= 0.3 is 0 Å². The fourth-order valence-corrected chi connectivity index (χ4v) is 9.10. The quantitative estimate of drug-likeness (QED) is 0.141. The highest BCUT2D eigenvalue weighted by Gasteiger charge is 2.17. The summed E-state index contributed by atoms with van der Waals surface area (Å²) < 4.78 is 0. The van der Waals surface area contributed by atoms with E-state index < -0.39 is 0 Å². The fraction of sp³-hybridized carbons (Fsp3) is 0. The van der Waals surface area contributed by atoms with Crippen LogP contribution in [0.1, 0.15) is 0 Å². The summed E-state index contributed by atoms with van der Waals surface area (Å²) in [7, 11) is 0. The normalized spacial score (nSPS) is 11.2. The Balaban J connectivity index is 0.962. The van der Waals surface area contributed by atoms with Crippen molar-refractivity contribution in [3.8, 4) is 66.8 Å². The minimum absolute atomic E-state index is 1.09. The molecule has 0 spiro atoms. The molecule has 11 aromatic rings. The molecule has 0 bridgehead atoms. The first kappa shape index (κ1) is 37.7. The molecule has 0 aromatic heterocycles.